The third-order valence-corrected chi connectivity index (χ3v) is 4.31. The topological polar surface area (TPSA) is 66.1 Å². The van der Waals surface area contributed by atoms with E-state index in [1.54, 1.807) is 18.5 Å². The van der Waals surface area contributed by atoms with Crippen LogP contribution in [0.15, 0.2) is 60.9 Å². The van der Waals surface area contributed by atoms with E-state index in [0.717, 1.165) is 12.0 Å². The van der Waals surface area contributed by atoms with Gasteiger partial charge in [-0.25, -0.2) is 10.9 Å². The minimum atomic E-state index is -0.110. The monoisotopic (exact) mass is 322 g/mol. The molecule has 1 amide bonds. The number of rotatable bonds is 5. The Balaban J connectivity index is 1.63. The molecule has 5 heteroatoms. The van der Waals surface area contributed by atoms with E-state index in [-0.39, 0.29) is 24.0 Å². The van der Waals surface area contributed by atoms with E-state index in [0.29, 0.717) is 0 Å². The first-order valence-electron chi connectivity index (χ1n) is 8.22. The highest BCUT2D eigenvalue weighted by molar-refractivity contribution is 5.91. The highest BCUT2D eigenvalue weighted by Gasteiger charge is 2.35. The molecule has 1 fully saturated rings. The highest BCUT2D eigenvalue weighted by Crippen LogP contribution is 2.29. The summed E-state index contributed by atoms with van der Waals surface area (Å²) in [5.41, 5.74) is 8.66. The first kappa shape index (κ1) is 16.4. The predicted octanol–water partition coefficient (Wildman–Crippen LogP) is 2.41. The first-order chi connectivity index (χ1) is 11.8. The van der Waals surface area contributed by atoms with Gasteiger partial charge in [-0.2, -0.15) is 0 Å². The zero-order valence-electron chi connectivity index (χ0n) is 13.6. The van der Waals surface area contributed by atoms with Gasteiger partial charge in [0.1, 0.15) is 0 Å². The number of nitrogens with zero attached hydrogens (tertiary/aromatic N) is 1. The minimum Gasteiger partial charge on any atom is -0.336 e. The third-order valence-electron chi connectivity index (χ3n) is 4.31. The van der Waals surface area contributed by atoms with E-state index in [1.807, 2.05) is 48.5 Å². The fourth-order valence-electron chi connectivity index (χ4n) is 3.04. The molecule has 124 valence electrons. The quantitative estimate of drug-likeness (QED) is 0.740. The Hall–Kier alpha value is -2.50. The van der Waals surface area contributed by atoms with Crippen LogP contribution in [0, 0.1) is 5.92 Å². The van der Waals surface area contributed by atoms with Crippen molar-refractivity contribution in [3.8, 4) is 0 Å². The Morgan fingerprint density at radius 2 is 1.92 bits per heavy atom. The van der Waals surface area contributed by atoms with Gasteiger partial charge in [0.25, 0.3) is 0 Å². The van der Waals surface area contributed by atoms with Crippen LogP contribution in [0.5, 0.6) is 0 Å². The van der Waals surface area contributed by atoms with Crippen LogP contribution in [0.3, 0.4) is 0 Å². The normalized spacial score (nSPS) is 23.5. The summed E-state index contributed by atoms with van der Waals surface area (Å²) in [5, 5.41) is 3.03. The number of aromatic nitrogens is 1. The van der Waals surface area contributed by atoms with Crippen molar-refractivity contribution < 1.29 is 4.79 Å². The predicted molar refractivity (Wildman–Crippen MR) is 94.4 cm³/mol. The number of carbonyl (C=O) groups excluding carboxylic acids is 1. The molecule has 3 N–H and O–H groups in total. The number of nitrogens with one attached hydrogen (secondary N) is 3. The number of benzene rings is 1. The molecule has 24 heavy (non-hydrogen) atoms. The highest BCUT2D eigenvalue weighted by atomic mass is 16.1. The largest absolute Gasteiger partial charge is 0.336 e. The van der Waals surface area contributed by atoms with Crippen molar-refractivity contribution in [2.75, 3.05) is 0 Å². The Bertz CT molecular complexity index is 687. The van der Waals surface area contributed by atoms with Crippen LogP contribution in [0.1, 0.15) is 30.5 Å². The molecular formula is C19H22N4O. The molecule has 1 saturated heterocycles. The maximum atomic E-state index is 12.2. The lowest BCUT2D eigenvalue weighted by Gasteiger charge is -2.22. The minimum absolute atomic E-state index is 0.105. The van der Waals surface area contributed by atoms with E-state index >= 15 is 0 Å². The van der Waals surface area contributed by atoms with Gasteiger partial charge in [0, 0.05) is 24.4 Å². The van der Waals surface area contributed by atoms with Crippen molar-refractivity contribution in [1.82, 2.24) is 21.2 Å². The SMILES string of the molecule is CCC1C(NC(=O)/C=C/c2ccccc2)NNC1c1ccncc1. The fourth-order valence-corrected chi connectivity index (χ4v) is 3.04. The second-order valence-electron chi connectivity index (χ2n) is 5.85. The molecule has 1 aliphatic rings. The molecular weight excluding hydrogens is 300 g/mol. The lowest BCUT2D eigenvalue weighted by Crippen LogP contribution is -2.46. The second kappa shape index (κ2) is 7.86. The van der Waals surface area contributed by atoms with Crippen LogP contribution in [0.4, 0.5) is 0 Å². The zero-order valence-corrected chi connectivity index (χ0v) is 13.6. The summed E-state index contributed by atoms with van der Waals surface area (Å²) >= 11 is 0. The van der Waals surface area contributed by atoms with E-state index < -0.39 is 0 Å². The maximum absolute atomic E-state index is 12.2. The van der Waals surface area contributed by atoms with Crippen molar-refractivity contribution in [3.63, 3.8) is 0 Å². The van der Waals surface area contributed by atoms with Gasteiger partial charge in [-0.15, -0.1) is 0 Å². The molecule has 0 spiro atoms. The molecule has 5 nitrogen and oxygen atoms in total. The standard InChI is InChI=1S/C19H22N4O/c1-2-16-18(15-10-12-20-13-11-15)22-23-19(16)21-17(24)9-8-14-6-4-3-5-7-14/h3-13,16,18-19,22-23H,2H2,1H3,(H,21,24)/b9-8+. The van der Waals surface area contributed by atoms with Crippen molar-refractivity contribution in [2.45, 2.75) is 25.6 Å². The van der Waals surface area contributed by atoms with Gasteiger partial charge < -0.3 is 5.32 Å². The fraction of sp³-hybridized carbons (Fsp3) is 0.263. The first-order valence-corrected chi connectivity index (χ1v) is 8.22. The van der Waals surface area contributed by atoms with Gasteiger partial charge in [-0.3, -0.25) is 9.78 Å². The van der Waals surface area contributed by atoms with Crippen molar-refractivity contribution in [3.05, 3.63) is 72.1 Å². The number of hydrazine groups is 1. The van der Waals surface area contributed by atoms with E-state index in [9.17, 15) is 4.79 Å². The van der Waals surface area contributed by atoms with Crippen molar-refractivity contribution in [2.24, 2.45) is 5.92 Å². The Morgan fingerprint density at radius 1 is 1.17 bits per heavy atom. The van der Waals surface area contributed by atoms with Gasteiger partial charge in [0.15, 0.2) is 0 Å². The number of pyridine rings is 1. The second-order valence-corrected chi connectivity index (χ2v) is 5.85. The number of hydrogen-bond acceptors (Lipinski definition) is 4. The van der Waals surface area contributed by atoms with E-state index in [2.05, 4.69) is 28.1 Å². The lowest BCUT2D eigenvalue weighted by molar-refractivity contribution is -0.117. The molecule has 3 unspecified atom stereocenters. The Kier molecular flexibility index (Phi) is 5.36. The summed E-state index contributed by atoms with van der Waals surface area (Å²) in [4.78, 5) is 16.3. The molecule has 3 rings (SSSR count). The summed E-state index contributed by atoms with van der Waals surface area (Å²) in [6.07, 6.45) is 7.81. The van der Waals surface area contributed by atoms with Gasteiger partial charge in [-0.05, 0) is 35.8 Å². The summed E-state index contributed by atoms with van der Waals surface area (Å²) in [5.74, 6) is 0.161. The average molecular weight is 322 g/mol. The third kappa shape index (κ3) is 3.88. The number of carbonyl (C=O) groups is 1. The molecule has 0 bridgehead atoms. The van der Waals surface area contributed by atoms with E-state index in [4.69, 9.17) is 0 Å². The van der Waals surface area contributed by atoms with Gasteiger partial charge in [0.05, 0.1) is 12.2 Å². The molecule has 2 aromatic rings. The summed E-state index contributed by atoms with van der Waals surface area (Å²) < 4.78 is 0. The van der Waals surface area contributed by atoms with E-state index in [1.165, 1.54) is 5.56 Å². The lowest BCUT2D eigenvalue weighted by atomic mass is 9.91. The number of amides is 1. The average Bonchev–Trinajstić information content (AvgIpc) is 3.04. The van der Waals surface area contributed by atoms with Crippen LogP contribution in [-0.2, 0) is 4.79 Å². The zero-order chi connectivity index (χ0) is 16.8. The van der Waals surface area contributed by atoms with Crippen molar-refractivity contribution >= 4 is 12.0 Å². The summed E-state index contributed by atoms with van der Waals surface area (Å²) in [6.45, 7) is 2.13. The summed E-state index contributed by atoms with van der Waals surface area (Å²) in [7, 11) is 0. The van der Waals surface area contributed by atoms with Gasteiger partial charge in [0.2, 0.25) is 5.91 Å². The number of hydrogen-bond donors (Lipinski definition) is 3. The van der Waals surface area contributed by atoms with Crippen LogP contribution in [-0.4, -0.2) is 17.1 Å². The Labute approximate surface area is 142 Å². The van der Waals surface area contributed by atoms with Gasteiger partial charge in [-0.1, -0.05) is 37.3 Å². The van der Waals surface area contributed by atoms with Crippen LogP contribution < -0.4 is 16.2 Å². The van der Waals surface area contributed by atoms with Gasteiger partial charge >= 0.3 is 0 Å². The molecule has 1 aliphatic heterocycles. The Morgan fingerprint density at radius 3 is 2.62 bits per heavy atom. The van der Waals surface area contributed by atoms with Crippen LogP contribution >= 0.6 is 0 Å². The summed E-state index contributed by atoms with van der Waals surface area (Å²) in [6, 6.07) is 13.9. The molecule has 2 heterocycles. The maximum Gasteiger partial charge on any atom is 0.245 e. The molecule has 0 saturated carbocycles. The smallest absolute Gasteiger partial charge is 0.245 e. The molecule has 0 aliphatic carbocycles. The molecule has 1 aromatic carbocycles. The molecule has 1 aromatic heterocycles. The molecule has 3 atom stereocenters. The molecule has 0 radical (unpaired) electrons. The van der Waals surface area contributed by atoms with Crippen LogP contribution in [0.25, 0.3) is 6.08 Å². The van der Waals surface area contributed by atoms with Crippen LogP contribution in [0.2, 0.25) is 0 Å². The van der Waals surface area contributed by atoms with Crippen molar-refractivity contribution in [1.29, 1.82) is 0 Å².